The molecule has 3 saturated carbocycles. The third-order valence-corrected chi connectivity index (χ3v) is 13.6. The molecule has 47 heavy (non-hydrogen) atoms. The molecule has 1 saturated heterocycles. The van der Waals surface area contributed by atoms with Crippen molar-refractivity contribution >= 4 is 5.78 Å². The second kappa shape index (κ2) is 11.8. The van der Waals surface area contributed by atoms with Crippen molar-refractivity contribution in [3.8, 4) is 11.5 Å². The zero-order valence-corrected chi connectivity index (χ0v) is 28.5. The quantitative estimate of drug-likeness (QED) is 0.162. The number of ether oxygens (including phenoxy) is 2. The molecule has 4 aliphatic carbocycles. The molecule has 1 aliphatic heterocycles. The highest BCUT2D eigenvalue weighted by Gasteiger charge is 2.75. The number of allylic oxidation sites excluding steroid dienone is 1. The van der Waals surface area contributed by atoms with Gasteiger partial charge in [0.25, 0.3) is 0 Å². The highest BCUT2D eigenvalue weighted by atomic mass is 16.5. The second-order valence-electron chi connectivity index (χ2n) is 16.4. The largest absolute Gasteiger partial charge is 0.504 e. The molecule has 0 aromatic heterocycles. The third kappa shape index (κ3) is 4.95. The van der Waals surface area contributed by atoms with Crippen LogP contribution in [0.5, 0.6) is 11.5 Å². The summed E-state index contributed by atoms with van der Waals surface area (Å²) in [6.07, 6.45) is -0.339. The van der Waals surface area contributed by atoms with Crippen LogP contribution in [-0.4, -0.2) is 96.5 Å². The van der Waals surface area contributed by atoms with Crippen LogP contribution in [0.2, 0.25) is 0 Å². The maximum Gasteiger partial charge on any atom is 0.160 e. The molecule has 1 aromatic carbocycles. The predicted molar refractivity (Wildman–Crippen MR) is 172 cm³/mol. The Bertz CT molecular complexity index is 1410. The van der Waals surface area contributed by atoms with Gasteiger partial charge in [0.05, 0.1) is 35.6 Å². The highest BCUT2D eigenvalue weighted by Crippen LogP contribution is 2.71. The third-order valence-electron chi connectivity index (χ3n) is 13.6. The van der Waals surface area contributed by atoms with Gasteiger partial charge in [-0.25, -0.2) is 0 Å². The van der Waals surface area contributed by atoms with Crippen LogP contribution in [0.1, 0.15) is 85.1 Å². The van der Waals surface area contributed by atoms with Crippen LogP contribution >= 0.6 is 0 Å². The minimum Gasteiger partial charge on any atom is -0.504 e. The predicted octanol–water partition coefficient (Wildman–Crippen LogP) is 3.18. The van der Waals surface area contributed by atoms with Crippen LogP contribution in [-0.2, 0) is 14.3 Å². The Morgan fingerprint density at radius 1 is 1.06 bits per heavy atom. The number of hydrogen-bond donors (Lipinski definition) is 7. The van der Waals surface area contributed by atoms with Crippen molar-refractivity contribution in [1.29, 1.82) is 0 Å². The van der Waals surface area contributed by atoms with E-state index in [0.29, 0.717) is 36.8 Å². The van der Waals surface area contributed by atoms with E-state index in [-0.39, 0.29) is 54.7 Å². The van der Waals surface area contributed by atoms with Crippen molar-refractivity contribution in [2.75, 3.05) is 13.2 Å². The number of ketones is 1. The van der Waals surface area contributed by atoms with Gasteiger partial charge >= 0.3 is 0 Å². The van der Waals surface area contributed by atoms with E-state index in [1.54, 1.807) is 19.1 Å². The number of aliphatic hydroxyl groups is 5. The summed E-state index contributed by atoms with van der Waals surface area (Å²) in [5, 5.41) is 77.8. The summed E-state index contributed by atoms with van der Waals surface area (Å²) in [4.78, 5) is 14.4. The molecule has 6 rings (SSSR count). The molecule has 1 heterocycles. The average molecular weight is 659 g/mol. The van der Waals surface area contributed by atoms with Gasteiger partial charge in [-0.2, -0.15) is 0 Å². The van der Waals surface area contributed by atoms with Crippen molar-refractivity contribution in [1.82, 2.24) is 0 Å². The van der Waals surface area contributed by atoms with E-state index in [2.05, 4.69) is 0 Å². The van der Waals surface area contributed by atoms with E-state index in [4.69, 9.17) is 9.47 Å². The fourth-order valence-corrected chi connectivity index (χ4v) is 10.9. The normalized spacial score (nSPS) is 45.5. The Kier molecular flexibility index (Phi) is 8.72. The SMILES string of the molecule is CC(C)C(C)C(O)C1OC2CC3(O)C4=CC(=O)C5C(c6ccc(O)c(O)c6)C(O)C(OCCCO)CC5(C)C4CCC3(C)C2C1(C)O. The van der Waals surface area contributed by atoms with E-state index < -0.39 is 70.3 Å². The lowest BCUT2D eigenvalue weighted by atomic mass is 9.43. The van der Waals surface area contributed by atoms with E-state index in [0.717, 1.165) is 0 Å². The number of phenolic OH excluding ortho intramolecular Hbond substituents is 2. The van der Waals surface area contributed by atoms with Gasteiger partial charge in [0.2, 0.25) is 0 Å². The number of benzene rings is 1. The lowest BCUT2D eigenvalue weighted by Crippen LogP contribution is -2.64. The number of aliphatic hydroxyl groups excluding tert-OH is 3. The number of aromatic hydroxyl groups is 2. The monoisotopic (exact) mass is 658 g/mol. The van der Waals surface area contributed by atoms with E-state index in [9.17, 15) is 40.5 Å². The van der Waals surface area contributed by atoms with Crippen molar-refractivity contribution in [2.45, 2.75) is 121 Å². The Morgan fingerprint density at radius 3 is 2.40 bits per heavy atom. The van der Waals surface area contributed by atoms with Crippen LogP contribution in [0.15, 0.2) is 29.8 Å². The second-order valence-corrected chi connectivity index (χ2v) is 16.4. The Balaban J connectivity index is 1.40. The van der Waals surface area contributed by atoms with E-state index >= 15 is 0 Å². The zero-order chi connectivity index (χ0) is 34.4. The smallest absolute Gasteiger partial charge is 0.160 e. The molecule has 14 unspecified atom stereocenters. The Labute approximate surface area is 277 Å². The molecule has 10 heteroatoms. The van der Waals surface area contributed by atoms with Crippen LogP contribution in [0, 0.1) is 40.4 Å². The maximum absolute atomic E-state index is 14.4. The first-order chi connectivity index (χ1) is 21.9. The number of carbonyl (C=O) groups is 1. The lowest BCUT2D eigenvalue weighted by molar-refractivity contribution is -0.181. The first-order valence-electron chi connectivity index (χ1n) is 17.4. The average Bonchev–Trinajstić information content (AvgIpc) is 3.41. The number of phenols is 2. The van der Waals surface area contributed by atoms with Crippen LogP contribution < -0.4 is 0 Å². The van der Waals surface area contributed by atoms with Crippen molar-refractivity contribution in [3.63, 3.8) is 0 Å². The van der Waals surface area contributed by atoms with Gasteiger partial charge in [-0.05, 0) is 85.1 Å². The molecule has 5 aliphatic rings. The summed E-state index contributed by atoms with van der Waals surface area (Å²) in [6, 6.07) is 4.35. The van der Waals surface area contributed by atoms with Gasteiger partial charge in [-0.1, -0.05) is 40.7 Å². The molecule has 10 nitrogen and oxygen atoms in total. The topological polar surface area (TPSA) is 177 Å². The number of rotatable bonds is 8. The molecule has 4 fully saturated rings. The molecule has 0 radical (unpaired) electrons. The Morgan fingerprint density at radius 2 is 1.77 bits per heavy atom. The molecule has 0 spiro atoms. The summed E-state index contributed by atoms with van der Waals surface area (Å²) >= 11 is 0. The number of fused-ring (bicyclic) bond motifs is 7. The van der Waals surface area contributed by atoms with Crippen molar-refractivity contribution in [3.05, 3.63) is 35.4 Å². The highest BCUT2D eigenvalue weighted by molar-refractivity contribution is 5.96. The van der Waals surface area contributed by atoms with E-state index in [1.807, 2.05) is 34.6 Å². The van der Waals surface area contributed by atoms with Crippen LogP contribution in [0.25, 0.3) is 0 Å². The summed E-state index contributed by atoms with van der Waals surface area (Å²) in [6.45, 7) is 11.9. The maximum atomic E-state index is 14.4. The van der Waals surface area contributed by atoms with Crippen molar-refractivity contribution < 1.29 is 50.0 Å². The van der Waals surface area contributed by atoms with Gasteiger partial charge in [-0.3, -0.25) is 4.79 Å². The molecule has 262 valence electrons. The van der Waals surface area contributed by atoms with Crippen LogP contribution in [0.4, 0.5) is 0 Å². The minimum atomic E-state index is -1.45. The first kappa shape index (κ1) is 34.8. The molecule has 0 amide bonds. The van der Waals surface area contributed by atoms with Gasteiger partial charge in [-0.15, -0.1) is 0 Å². The molecular formula is C37H54O10. The van der Waals surface area contributed by atoms with Gasteiger partial charge in [0.15, 0.2) is 17.3 Å². The minimum absolute atomic E-state index is 0.0694. The first-order valence-corrected chi connectivity index (χ1v) is 17.4. The van der Waals surface area contributed by atoms with Gasteiger partial charge in [0, 0.05) is 42.8 Å². The fourth-order valence-electron chi connectivity index (χ4n) is 10.9. The fraction of sp³-hybridized carbons (Fsp3) is 0.757. The molecule has 7 N–H and O–H groups in total. The molecule has 0 bridgehead atoms. The lowest BCUT2D eigenvalue weighted by Gasteiger charge is -2.62. The summed E-state index contributed by atoms with van der Waals surface area (Å²) in [5.41, 5.74) is -3.33. The van der Waals surface area contributed by atoms with E-state index in [1.165, 1.54) is 12.1 Å². The van der Waals surface area contributed by atoms with Gasteiger partial charge < -0.3 is 45.2 Å². The molecule has 14 atom stereocenters. The van der Waals surface area contributed by atoms with Gasteiger partial charge in [0.1, 0.15) is 6.10 Å². The molecule has 1 aromatic rings. The summed E-state index contributed by atoms with van der Waals surface area (Å²) in [5.74, 6) is -3.00. The van der Waals surface area contributed by atoms with Crippen LogP contribution in [0.3, 0.4) is 0 Å². The number of hydrogen-bond acceptors (Lipinski definition) is 10. The Hall–Kier alpha value is -2.05. The summed E-state index contributed by atoms with van der Waals surface area (Å²) < 4.78 is 12.7. The summed E-state index contributed by atoms with van der Waals surface area (Å²) in [7, 11) is 0. The standard InChI is InChI=1S/C37H54O10/c1-18(2)19(3)30(42)33-36(6,44)32-27(47-33)17-37(45)22-15-25(41)29-28(20-8-9-23(39)24(40)14-20)31(43)26(46-13-7-12-38)16-34(29,4)21(22)10-11-35(32,37)5/h8-9,14-15,18-19,21,26-33,38-40,42-45H,7,10-13,16-17H2,1-6H3. The van der Waals surface area contributed by atoms with Crippen molar-refractivity contribution in [2.24, 2.45) is 40.4 Å². The molecular weight excluding hydrogens is 604 g/mol. The number of carbonyl (C=O) groups excluding carboxylic acids is 1. The zero-order valence-electron chi connectivity index (χ0n) is 28.5.